The van der Waals surface area contributed by atoms with Crippen molar-refractivity contribution in [3.8, 4) is 0 Å². The van der Waals surface area contributed by atoms with Gasteiger partial charge in [-0.25, -0.2) is 10.8 Å². The maximum atomic E-state index is 12.7. The molecule has 0 saturated carbocycles. The Hall–Kier alpha value is -1.58. The van der Waals surface area contributed by atoms with E-state index in [1.807, 2.05) is 5.43 Å². The number of nitrogens with zero attached hydrogens (tertiary/aromatic N) is 1. The van der Waals surface area contributed by atoms with Gasteiger partial charge in [-0.2, -0.15) is 13.2 Å². The van der Waals surface area contributed by atoms with Crippen LogP contribution < -0.4 is 16.6 Å². The average Bonchev–Trinajstić information content (AvgIpc) is 2.37. The second kappa shape index (κ2) is 5.59. The SMILES string of the molecule is CC(CO)(CO)Nc1cc(C(F)(F)F)cc(NN)n1. The number of hydrazine groups is 1. The van der Waals surface area contributed by atoms with Gasteiger partial charge in [0.15, 0.2) is 0 Å². The number of anilines is 2. The van der Waals surface area contributed by atoms with E-state index in [1.165, 1.54) is 6.92 Å². The van der Waals surface area contributed by atoms with Gasteiger partial charge < -0.3 is 21.0 Å². The number of nitrogens with one attached hydrogen (secondary N) is 2. The van der Waals surface area contributed by atoms with E-state index in [4.69, 9.17) is 16.1 Å². The first-order chi connectivity index (χ1) is 8.74. The maximum absolute atomic E-state index is 12.7. The molecule has 0 bridgehead atoms. The van der Waals surface area contributed by atoms with E-state index in [9.17, 15) is 13.2 Å². The van der Waals surface area contributed by atoms with Crippen molar-refractivity contribution < 1.29 is 23.4 Å². The van der Waals surface area contributed by atoms with E-state index in [0.29, 0.717) is 0 Å². The molecule has 6 N–H and O–H groups in total. The van der Waals surface area contributed by atoms with E-state index in [-0.39, 0.29) is 11.6 Å². The molecule has 6 nitrogen and oxygen atoms in total. The summed E-state index contributed by atoms with van der Waals surface area (Å²) in [4.78, 5) is 3.78. The van der Waals surface area contributed by atoms with Crippen LogP contribution in [0.5, 0.6) is 0 Å². The average molecular weight is 280 g/mol. The van der Waals surface area contributed by atoms with Gasteiger partial charge in [0.25, 0.3) is 0 Å². The van der Waals surface area contributed by atoms with Crippen LogP contribution in [0.3, 0.4) is 0 Å². The number of aliphatic hydroxyl groups excluding tert-OH is 2. The number of alkyl halides is 3. The van der Waals surface area contributed by atoms with Crippen LogP contribution in [-0.2, 0) is 6.18 Å². The summed E-state index contributed by atoms with van der Waals surface area (Å²) in [7, 11) is 0. The molecule has 1 aromatic heterocycles. The first kappa shape index (κ1) is 15.5. The third kappa shape index (κ3) is 3.94. The van der Waals surface area contributed by atoms with Crippen LogP contribution in [0.2, 0.25) is 0 Å². The third-order valence-electron chi connectivity index (χ3n) is 2.43. The number of rotatable bonds is 5. The molecule has 9 heteroatoms. The number of nitrogen functional groups attached to an aromatic ring is 1. The topological polar surface area (TPSA) is 103 Å². The van der Waals surface area contributed by atoms with E-state index in [1.54, 1.807) is 0 Å². The summed E-state index contributed by atoms with van der Waals surface area (Å²) in [6.07, 6.45) is -4.56. The molecule has 19 heavy (non-hydrogen) atoms. The lowest BCUT2D eigenvalue weighted by molar-refractivity contribution is -0.137. The van der Waals surface area contributed by atoms with Crippen LogP contribution in [-0.4, -0.2) is 33.9 Å². The zero-order valence-electron chi connectivity index (χ0n) is 10.1. The minimum Gasteiger partial charge on any atom is -0.394 e. The Bertz CT molecular complexity index is 435. The lowest BCUT2D eigenvalue weighted by atomic mass is 10.1. The fraction of sp³-hybridized carbons (Fsp3) is 0.500. The van der Waals surface area contributed by atoms with E-state index < -0.39 is 30.5 Å². The minimum atomic E-state index is -4.56. The van der Waals surface area contributed by atoms with Crippen LogP contribution >= 0.6 is 0 Å². The van der Waals surface area contributed by atoms with Gasteiger partial charge >= 0.3 is 6.18 Å². The van der Waals surface area contributed by atoms with Crippen molar-refractivity contribution in [3.63, 3.8) is 0 Å². The summed E-state index contributed by atoms with van der Waals surface area (Å²) >= 11 is 0. The summed E-state index contributed by atoms with van der Waals surface area (Å²) in [5.74, 6) is 4.71. The van der Waals surface area contributed by atoms with Crippen molar-refractivity contribution in [3.05, 3.63) is 17.7 Å². The van der Waals surface area contributed by atoms with E-state index in [0.717, 1.165) is 12.1 Å². The number of hydrogen-bond donors (Lipinski definition) is 5. The fourth-order valence-corrected chi connectivity index (χ4v) is 1.27. The Morgan fingerprint density at radius 3 is 2.16 bits per heavy atom. The molecular formula is C10H15F3N4O2. The van der Waals surface area contributed by atoms with Crippen LogP contribution in [0.1, 0.15) is 12.5 Å². The van der Waals surface area contributed by atoms with Gasteiger partial charge in [-0.1, -0.05) is 0 Å². The quantitative estimate of drug-likeness (QED) is 0.398. The van der Waals surface area contributed by atoms with Crippen LogP contribution in [0.15, 0.2) is 12.1 Å². The van der Waals surface area contributed by atoms with Crippen molar-refractivity contribution in [1.82, 2.24) is 4.98 Å². The van der Waals surface area contributed by atoms with Crippen molar-refractivity contribution in [1.29, 1.82) is 0 Å². The molecule has 1 heterocycles. The highest BCUT2D eigenvalue weighted by Crippen LogP contribution is 2.32. The molecule has 0 amide bonds. The Morgan fingerprint density at radius 2 is 1.74 bits per heavy atom. The first-order valence-electron chi connectivity index (χ1n) is 5.30. The predicted octanol–water partition coefficient (Wildman–Crippen LogP) is 0.541. The summed E-state index contributed by atoms with van der Waals surface area (Å²) in [6, 6.07) is 1.52. The lowest BCUT2D eigenvalue weighted by Crippen LogP contribution is -2.42. The molecule has 1 aromatic rings. The Labute approximate surface area is 107 Å². The number of aliphatic hydroxyl groups is 2. The summed E-state index contributed by atoms with van der Waals surface area (Å²) < 4.78 is 38.0. The third-order valence-corrected chi connectivity index (χ3v) is 2.43. The molecule has 0 fully saturated rings. The second-order valence-corrected chi connectivity index (χ2v) is 4.27. The van der Waals surface area contributed by atoms with Gasteiger partial charge in [0.1, 0.15) is 11.6 Å². The number of halogens is 3. The fourth-order valence-electron chi connectivity index (χ4n) is 1.27. The molecule has 0 saturated heterocycles. The van der Waals surface area contributed by atoms with E-state index >= 15 is 0 Å². The highest BCUT2D eigenvalue weighted by Gasteiger charge is 2.32. The molecule has 1 rings (SSSR count). The number of aromatic nitrogens is 1. The molecule has 0 aliphatic heterocycles. The highest BCUT2D eigenvalue weighted by molar-refractivity contribution is 5.50. The monoisotopic (exact) mass is 280 g/mol. The summed E-state index contributed by atoms with van der Waals surface area (Å²) in [6.45, 7) is 0.476. The maximum Gasteiger partial charge on any atom is 0.416 e. The molecule has 0 spiro atoms. The summed E-state index contributed by atoms with van der Waals surface area (Å²) in [5.41, 5.74) is -0.114. The Balaban J connectivity index is 3.14. The molecular weight excluding hydrogens is 265 g/mol. The van der Waals surface area contributed by atoms with Gasteiger partial charge in [0.05, 0.1) is 24.3 Å². The smallest absolute Gasteiger partial charge is 0.394 e. The molecule has 0 radical (unpaired) electrons. The Morgan fingerprint density at radius 1 is 1.21 bits per heavy atom. The minimum absolute atomic E-state index is 0.159. The first-order valence-corrected chi connectivity index (χ1v) is 5.30. The zero-order chi connectivity index (χ0) is 14.7. The highest BCUT2D eigenvalue weighted by atomic mass is 19.4. The molecule has 0 atom stereocenters. The standard InChI is InChI=1S/C10H15F3N4O2/c1-9(4-18,5-19)16-7-2-6(10(11,12)13)3-8(15-7)17-14/h2-3,18-19H,4-5,14H2,1H3,(H2,15,16,17). The molecule has 108 valence electrons. The van der Waals surface area contributed by atoms with Gasteiger partial charge in [-0.15, -0.1) is 0 Å². The largest absolute Gasteiger partial charge is 0.416 e. The van der Waals surface area contributed by atoms with E-state index in [2.05, 4.69) is 10.3 Å². The summed E-state index contributed by atoms with van der Waals surface area (Å²) in [5, 5.41) is 20.7. The number of nitrogens with two attached hydrogens (primary N) is 1. The lowest BCUT2D eigenvalue weighted by Gasteiger charge is -2.27. The van der Waals surface area contributed by atoms with Crippen LogP contribution in [0.4, 0.5) is 24.8 Å². The van der Waals surface area contributed by atoms with Crippen LogP contribution in [0.25, 0.3) is 0 Å². The zero-order valence-corrected chi connectivity index (χ0v) is 10.1. The van der Waals surface area contributed by atoms with Gasteiger partial charge in [0, 0.05) is 0 Å². The van der Waals surface area contributed by atoms with Crippen molar-refractivity contribution >= 4 is 11.6 Å². The van der Waals surface area contributed by atoms with Crippen molar-refractivity contribution in [2.45, 2.75) is 18.6 Å². The molecule has 0 aliphatic rings. The normalized spacial score (nSPS) is 12.4. The Kier molecular flexibility index (Phi) is 4.56. The van der Waals surface area contributed by atoms with Crippen molar-refractivity contribution in [2.75, 3.05) is 24.0 Å². The van der Waals surface area contributed by atoms with Crippen LogP contribution in [0, 0.1) is 0 Å². The second-order valence-electron chi connectivity index (χ2n) is 4.27. The van der Waals surface area contributed by atoms with Gasteiger partial charge in [-0.3, -0.25) is 0 Å². The van der Waals surface area contributed by atoms with Gasteiger partial charge in [-0.05, 0) is 19.1 Å². The number of hydrogen-bond acceptors (Lipinski definition) is 6. The predicted molar refractivity (Wildman–Crippen MR) is 63.2 cm³/mol. The van der Waals surface area contributed by atoms with Crippen molar-refractivity contribution in [2.24, 2.45) is 5.84 Å². The number of pyridine rings is 1. The molecule has 0 aromatic carbocycles. The van der Waals surface area contributed by atoms with Gasteiger partial charge in [0.2, 0.25) is 0 Å². The molecule has 0 unspecified atom stereocenters. The molecule has 0 aliphatic carbocycles.